The van der Waals surface area contributed by atoms with Gasteiger partial charge in [-0.15, -0.1) is 0 Å². The molecule has 71 heavy (non-hydrogen) atoms. The number of aromatic nitrogens is 1. The number of aliphatic hydroxyl groups excluding tert-OH is 1. The van der Waals surface area contributed by atoms with E-state index < -0.39 is 36.5 Å². The van der Waals surface area contributed by atoms with Crippen LogP contribution in [0, 0.1) is 11.3 Å². The van der Waals surface area contributed by atoms with Gasteiger partial charge in [-0.1, -0.05) is 168 Å². The second-order valence-electron chi connectivity index (χ2n) is 22.6. The van der Waals surface area contributed by atoms with Gasteiger partial charge in [-0.3, -0.25) is 4.79 Å². The van der Waals surface area contributed by atoms with Crippen LogP contribution in [0.15, 0.2) is 95.6 Å². The summed E-state index contributed by atoms with van der Waals surface area (Å²) in [5, 5.41) is 14.6. The maximum atomic E-state index is 12.3. The van der Waals surface area contributed by atoms with Crippen molar-refractivity contribution in [1.82, 2.24) is 4.98 Å². The fourth-order valence-corrected chi connectivity index (χ4v) is 18.3. The number of oxazole rings is 1. The Morgan fingerprint density at radius 2 is 1.35 bits per heavy atom. The summed E-state index contributed by atoms with van der Waals surface area (Å²) < 4.78 is 50.6. The van der Waals surface area contributed by atoms with Gasteiger partial charge in [-0.05, 0) is 64.5 Å². The number of hydrogen-bond donors (Lipinski definition) is 1. The normalized spacial score (nSPS) is 16.5. The first kappa shape index (κ1) is 62.3. The topological polar surface area (TPSA) is 128 Å². The van der Waals surface area contributed by atoms with E-state index in [1.54, 1.807) is 27.6 Å². The number of esters is 1. The molecule has 1 aromatic heterocycles. The van der Waals surface area contributed by atoms with Gasteiger partial charge in [0.05, 0.1) is 50.5 Å². The van der Waals surface area contributed by atoms with Gasteiger partial charge in [0.25, 0.3) is 8.32 Å². The SMILES string of the molecule is CC[Si](CC)(CC)O[C@@H](C[C@H](OC)[C@@H](C)CO[Si](c1ccccc1)(c1ccccc1)C(C)(C)C)C(C)(C)C(O)Cc1nc([C@H](C/C=C/C=C/[C@@H](C[C@@H](CC(=O)OC)O[Si](C)(C)C(C)(C)C)OC)OC)co1. The van der Waals surface area contributed by atoms with E-state index in [9.17, 15) is 9.90 Å². The number of aliphatic hydroxyl groups is 1. The first-order valence-corrected chi connectivity index (χ1v) is 33.4. The number of allylic oxidation sites excluding steroid dienone is 2. The molecule has 2 aromatic carbocycles. The molecule has 0 spiro atoms. The van der Waals surface area contributed by atoms with E-state index in [4.69, 9.17) is 41.6 Å². The number of ether oxygens (including phenoxy) is 4. The molecule has 400 valence electrons. The van der Waals surface area contributed by atoms with Gasteiger partial charge >= 0.3 is 5.97 Å². The molecule has 0 fully saturated rings. The van der Waals surface area contributed by atoms with Gasteiger partial charge in [0, 0.05) is 45.7 Å². The molecule has 1 unspecified atom stereocenters. The third-order valence-corrected chi connectivity index (χ3v) is 29.7. The fraction of sp³-hybridized carbons (Fsp3) is 0.649. The van der Waals surface area contributed by atoms with E-state index in [1.807, 2.05) is 24.3 Å². The van der Waals surface area contributed by atoms with Crippen LogP contribution < -0.4 is 10.4 Å². The van der Waals surface area contributed by atoms with Gasteiger partial charge in [-0.2, -0.15) is 0 Å². The highest BCUT2D eigenvalue weighted by Crippen LogP contribution is 2.41. The number of carbonyl (C=O) groups is 1. The molecule has 0 bridgehead atoms. The molecule has 0 aliphatic heterocycles. The summed E-state index contributed by atoms with van der Waals surface area (Å²) in [7, 11) is -0.589. The minimum atomic E-state index is -2.78. The lowest BCUT2D eigenvalue weighted by Gasteiger charge is -2.46. The second kappa shape index (κ2) is 28.0. The maximum absolute atomic E-state index is 12.3. The zero-order valence-corrected chi connectivity index (χ0v) is 50.1. The molecule has 3 rings (SSSR count). The highest BCUT2D eigenvalue weighted by Gasteiger charge is 2.51. The zero-order valence-electron chi connectivity index (χ0n) is 47.1. The summed E-state index contributed by atoms with van der Waals surface area (Å²) in [6, 6.07) is 24.4. The van der Waals surface area contributed by atoms with Gasteiger partial charge in [0.2, 0.25) is 0 Å². The number of nitrogens with zero attached hydrogens (tertiary/aromatic N) is 1. The molecule has 0 saturated carbocycles. The summed E-state index contributed by atoms with van der Waals surface area (Å²) in [6.07, 6.45) is 9.23. The molecule has 1 heterocycles. The Balaban J connectivity index is 1.81. The van der Waals surface area contributed by atoms with Crippen LogP contribution in [0.5, 0.6) is 0 Å². The number of hydrogen-bond acceptors (Lipinski definition) is 11. The molecule has 0 saturated heterocycles. The smallest absolute Gasteiger partial charge is 0.308 e. The number of benzene rings is 2. The van der Waals surface area contributed by atoms with E-state index in [0.29, 0.717) is 37.5 Å². The lowest BCUT2D eigenvalue weighted by atomic mass is 9.76. The highest BCUT2D eigenvalue weighted by molar-refractivity contribution is 6.99. The Morgan fingerprint density at radius 3 is 1.83 bits per heavy atom. The van der Waals surface area contributed by atoms with Crippen molar-refractivity contribution < 1.29 is 46.5 Å². The first-order valence-electron chi connectivity index (χ1n) is 26.0. The van der Waals surface area contributed by atoms with Crippen molar-refractivity contribution in [1.29, 1.82) is 0 Å². The molecule has 1 N–H and O–H groups in total. The monoisotopic (exact) mass is 1040 g/mol. The number of rotatable bonds is 31. The van der Waals surface area contributed by atoms with Crippen LogP contribution in [0.3, 0.4) is 0 Å². The van der Waals surface area contributed by atoms with Gasteiger partial charge < -0.3 is 41.7 Å². The minimum absolute atomic E-state index is 0.00912. The van der Waals surface area contributed by atoms with E-state index in [-0.39, 0.29) is 65.3 Å². The molecule has 0 amide bonds. The summed E-state index contributed by atoms with van der Waals surface area (Å²) in [5.41, 5.74) is -0.0473. The molecule has 14 heteroatoms. The van der Waals surface area contributed by atoms with Crippen molar-refractivity contribution in [2.24, 2.45) is 11.3 Å². The summed E-state index contributed by atoms with van der Waals surface area (Å²) in [4.78, 5) is 17.2. The number of methoxy groups -OCH3 is 4. The lowest BCUT2D eigenvalue weighted by Crippen LogP contribution is -2.67. The molecule has 3 aromatic rings. The molecule has 0 aliphatic carbocycles. The predicted octanol–water partition coefficient (Wildman–Crippen LogP) is 12.2. The maximum Gasteiger partial charge on any atom is 0.308 e. The highest BCUT2D eigenvalue weighted by atomic mass is 28.4. The minimum Gasteiger partial charge on any atom is -0.469 e. The van der Waals surface area contributed by atoms with E-state index >= 15 is 0 Å². The summed E-state index contributed by atoms with van der Waals surface area (Å²) in [5.74, 6) is 0.157. The summed E-state index contributed by atoms with van der Waals surface area (Å²) in [6.45, 7) is 31.5. The van der Waals surface area contributed by atoms with Crippen LogP contribution in [0.1, 0.15) is 126 Å². The Bertz CT molecular complexity index is 1990. The summed E-state index contributed by atoms with van der Waals surface area (Å²) >= 11 is 0. The first-order chi connectivity index (χ1) is 33.3. The number of carbonyl (C=O) groups excluding carboxylic acids is 1. The van der Waals surface area contributed by atoms with Crippen molar-refractivity contribution in [3.8, 4) is 0 Å². The van der Waals surface area contributed by atoms with Crippen molar-refractivity contribution >= 4 is 41.3 Å². The Kier molecular flexibility index (Phi) is 24.6. The quantitative estimate of drug-likeness (QED) is 0.0376. The van der Waals surface area contributed by atoms with Gasteiger partial charge in [0.15, 0.2) is 22.5 Å². The Labute approximate surface area is 433 Å². The fourth-order valence-electron chi connectivity index (χ4n) is 9.27. The molecule has 11 nitrogen and oxygen atoms in total. The second-order valence-corrected chi connectivity index (χ2v) is 36.4. The lowest BCUT2D eigenvalue weighted by molar-refractivity contribution is -0.142. The molecular formula is C57H95NO10Si3. The van der Waals surface area contributed by atoms with Crippen molar-refractivity contribution in [2.75, 3.05) is 35.0 Å². The van der Waals surface area contributed by atoms with Crippen LogP contribution in [0.25, 0.3) is 0 Å². The molecular weight excluding hydrogens is 943 g/mol. The van der Waals surface area contributed by atoms with Crippen molar-refractivity contribution in [3.63, 3.8) is 0 Å². The molecule has 0 radical (unpaired) electrons. The Hall–Kier alpha value is -3.03. The van der Waals surface area contributed by atoms with E-state index in [0.717, 1.165) is 18.1 Å². The third kappa shape index (κ3) is 17.0. The van der Waals surface area contributed by atoms with Crippen LogP contribution in [0.2, 0.25) is 41.3 Å². The van der Waals surface area contributed by atoms with Gasteiger partial charge in [-0.25, -0.2) is 4.98 Å². The van der Waals surface area contributed by atoms with Crippen LogP contribution in [-0.4, -0.2) is 107 Å². The van der Waals surface area contributed by atoms with Crippen LogP contribution >= 0.6 is 0 Å². The Morgan fingerprint density at radius 1 is 0.775 bits per heavy atom. The standard InChI is InChI=1S/C57H95NO10Si3/c1-19-70(20-2,21-3)68-52(39-50(63-15)43(4)41-66-71(56(8,9)10,46-32-26-23-27-33-46)47-34-28-24-29-35-47)57(11,12)51(59)40-53-58-48(42-65-53)49(62-14)36-30-22-25-31-44(61-13)37-45(38-54(60)64-16)67-69(17,18)55(5,6)7/h22-35,42-45,49-52,59H,19-21,36-41H2,1-18H3/b30-22+,31-25+/t43-,44-,45-,49-,50-,51?,52-/m0/s1. The molecule has 0 aliphatic rings. The zero-order chi connectivity index (χ0) is 53.3. The van der Waals surface area contributed by atoms with Crippen molar-refractivity contribution in [3.05, 3.63) is 103 Å². The van der Waals surface area contributed by atoms with Gasteiger partial charge in [0.1, 0.15) is 18.1 Å². The largest absolute Gasteiger partial charge is 0.469 e. The third-order valence-electron chi connectivity index (χ3n) is 15.5. The molecule has 7 atom stereocenters. The van der Waals surface area contributed by atoms with Crippen LogP contribution in [-0.2, 0) is 43.4 Å². The predicted molar refractivity (Wildman–Crippen MR) is 297 cm³/mol. The van der Waals surface area contributed by atoms with E-state index in [2.05, 4.69) is 157 Å². The average Bonchev–Trinajstić information content (AvgIpc) is 3.80. The van der Waals surface area contributed by atoms with Crippen molar-refractivity contribution in [2.45, 2.75) is 193 Å². The van der Waals surface area contributed by atoms with Crippen LogP contribution in [0.4, 0.5) is 0 Å². The van der Waals surface area contributed by atoms with E-state index in [1.165, 1.54) is 17.5 Å². The average molecular weight is 1040 g/mol.